The number of carbonyl (C=O) groups excluding carboxylic acids is 1. The third kappa shape index (κ3) is 1.54. The molecule has 2 aromatic rings. The second-order valence-electron chi connectivity index (χ2n) is 4.27. The molecule has 6 nitrogen and oxygen atoms in total. The molecule has 0 atom stereocenters. The molecule has 0 fully saturated rings. The molecule has 1 aliphatic rings. The van der Waals surface area contributed by atoms with Crippen molar-refractivity contribution in [3.05, 3.63) is 35.9 Å². The minimum Gasteiger partial charge on any atom is -0.333 e. The number of carbonyl (C=O) groups is 1. The second-order valence-corrected chi connectivity index (χ2v) is 4.27. The van der Waals surface area contributed by atoms with E-state index in [1.54, 1.807) is 22.0 Å². The van der Waals surface area contributed by atoms with Crippen LogP contribution in [0.5, 0.6) is 0 Å². The number of aromatic nitrogens is 3. The molecule has 0 saturated heterocycles. The van der Waals surface area contributed by atoms with E-state index >= 15 is 0 Å². The summed E-state index contributed by atoms with van der Waals surface area (Å²) in [7, 11) is 1.84. The largest absolute Gasteiger partial charge is 0.333 e. The summed E-state index contributed by atoms with van der Waals surface area (Å²) < 4.78 is 1.70. The number of hydrogen-bond donors (Lipinski definition) is 1. The van der Waals surface area contributed by atoms with E-state index in [0.29, 0.717) is 6.54 Å². The third-order valence-electron chi connectivity index (χ3n) is 2.98. The van der Waals surface area contributed by atoms with Crippen molar-refractivity contribution in [2.75, 3.05) is 4.90 Å². The van der Waals surface area contributed by atoms with E-state index in [4.69, 9.17) is 0 Å². The van der Waals surface area contributed by atoms with E-state index in [1.165, 1.54) is 0 Å². The summed E-state index contributed by atoms with van der Waals surface area (Å²) in [6, 6.07) is 1.71. The van der Waals surface area contributed by atoms with Crippen LogP contribution in [0.1, 0.15) is 11.3 Å². The number of aryl methyl sites for hydroxylation is 2. The zero-order valence-electron chi connectivity index (χ0n) is 10.2. The molecular weight excluding hydrogens is 230 g/mol. The first kappa shape index (κ1) is 10.8. The maximum Gasteiger partial charge on any atom is 0.326 e. The van der Waals surface area contributed by atoms with Crippen molar-refractivity contribution in [1.82, 2.24) is 20.1 Å². The number of urea groups is 1. The molecule has 1 N–H and O–H groups in total. The van der Waals surface area contributed by atoms with Crippen LogP contribution in [-0.4, -0.2) is 20.8 Å². The first-order valence-corrected chi connectivity index (χ1v) is 5.68. The SMILES string of the molecule is Cc1nn(C)cc1N1C(=O)NCc2cnccc21. The average molecular weight is 243 g/mol. The van der Waals surface area contributed by atoms with E-state index in [9.17, 15) is 4.79 Å². The topological polar surface area (TPSA) is 63.1 Å². The molecule has 1 aliphatic heterocycles. The molecule has 3 heterocycles. The minimum atomic E-state index is -0.134. The number of rotatable bonds is 1. The Bertz CT molecular complexity index is 619. The zero-order chi connectivity index (χ0) is 12.7. The van der Waals surface area contributed by atoms with Crippen molar-refractivity contribution >= 4 is 17.4 Å². The molecule has 2 amide bonds. The predicted molar refractivity (Wildman–Crippen MR) is 66.6 cm³/mol. The molecule has 0 saturated carbocycles. The summed E-state index contributed by atoms with van der Waals surface area (Å²) in [5.41, 5.74) is 3.48. The van der Waals surface area contributed by atoms with Gasteiger partial charge in [0.05, 0.1) is 17.1 Å². The normalized spacial score (nSPS) is 14.3. The van der Waals surface area contributed by atoms with Crippen molar-refractivity contribution in [3.63, 3.8) is 0 Å². The van der Waals surface area contributed by atoms with Crippen molar-refractivity contribution in [2.24, 2.45) is 7.05 Å². The maximum absolute atomic E-state index is 12.1. The van der Waals surface area contributed by atoms with E-state index in [2.05, 4.69) is 15.4 Å². The number of pyridine rings is 1. The molecular formula is C12H13N5O. The van der Waals surface area contributed by atoms with Crippen molar-refractivity contribution in [3.8, 4) is 0 Å². The standard InChI is InChI=1S/C12H13N5O/c1-8-11(7-16(2)15-8)17-10-3-4-13-5-9(10)6-14-12(17)18/h3-5,7H,6H2,1-2H3,(H,14,18). The lowest BCUT2D eigenvalue weighted by Gasteiger charge is -2.28. The van der Waals surface area contributed by atoms with Crippen LogP contribution in [0.15, 0.2) is 24.7 Å². The van der Waals surface area contributed by atoms with Gasteiger partial charge >= 0.3 is 6.03 Å². The van der Waals surface area contributed by atoms with Gasteiger partial charge in [-0.1, -0.05) is 0 Å². The van der Waals surface area contributed by atoms with Crippen molar-refractivity contribution in [1.29, 1.82) is 0 Å². The average Bonchev–Trinajstić information content (AvgIpc) is 2.68. The van der Waals surface area contributed by atoms with E-state index in [-0.39, 0.29) is 6.03 Å². The summed E-state index contributed by atoms with van der Waals surface area (Å²) in [5, 5.41) is 7.11. The van der Waals surface area contributed by atoms with Gasteiger partial charge in [-0.3, -0.25) is 14.6 Å². The van der Waals surface area contributed by atoms with Gasteiger partial charge in [0, 0.05) is 37.7 Å². The highest BCUT2D eigenvalue weighted by atomic mass is 16.2. The van der Waals surface area contributed by atoms with Crippen molar-refractivity contribution in [2.45, 2.75) is 13.5 Å². The number of nitrogens with zero attached hydrogens (tertiary/aromatic N) is 4. The monoisotopic (exact) mass is 243 g/mol. The number of nitrogens with one attached hydrogen (secondary N) is 1. The lowest BCUT2D eigenvalue weighted by Crippen LogP contribution is -2.41. The van der Waals surface area contributed by atoms with E-state index in [0.717, 1.165) is 22.6 Å². The molecule has 0 spiro atoms. The number of fused-ring (bicyclic) bond motifs is 1. The van der Waals surface area contributed by atoms with Gasteiger partial charge in [-0.05, 0) is 13.0 Å². The van der Waals surface area contributed by atoms with Crippen LogP contribution in [0.4, 0.5) is 16.2 Å². The molecule has 2 aromatic heterocycles. The van der Waals surface area contributed by atoms with Crippen LogP contribution >= 0.6 is 0 Å². The van der Waals surface area contributed by atoms with Gasteiger partial charge < -0.3 is 5.32 Å². The highest BCUT2D eigenvalue weighted by Crippen LogP contribution is 2.32. The molecule has 0 aliphatic carbocycles. The number of amides is 2. The Morgan fingerprint density at radius 1 is 1.39 bits per heavy atom. The van der Waals surface area contributed by atoms with Crippen LogP contribution in [0.2, 0.25) is 0 Å². The van der Waals surface area contributed by atoms with Gasteiger partial charge in [-0.15, -0.1) is 0 Å². The lowest BCUT2D eigenvalue weighted by molar-refractivity contribution is 0.247. The summed E-state index contributed by atoms with van der Waals surface area (Å²) in [6.45, 7) is 2.40. The van der Waals surface area contributed by atoms with Crippen molar-refractivity contribution < 1.29 is 4.79 Å². The van der Waals surface area contributed by atoms with Gasteiger partial charge in [0.1, 0.15) is 0 Å². The summed E-state index contributed by atoms with van der Waals surface area (Å²) in [5.74, 6) is 0. The van der Waals surface area contributed by atoms with Crippen LogP contribution < -0.4 is 10.2 Å². The molecule has 92 valence electrons. The lowest BCUT2D eigenvalue weighted by atomic mass is 10.1. The summed E-state index contributed by atoms with van der Waals surface area (Å²) in [4.78, 5) is 17.8. The quantitative estimate of drug-likeness (QED) is 0.825. The Morgan fingerprint density at radius 3 is 2.94 bits per heavy atom. The summed E-state index contributed by atoms with van der Waals surface area (Å²) >= 11 is 0. The Labute approximate surface area is 104 Å². The fourth-order valence-corrected chi connectivity index (χ4v) is 2.18. The fraction of sp³-hybridized carbons (Fsp3) is 0.250. The molecule has 0 bridgehead atoms. The highest BCUT2D eigenvalue weighted by Gasteiger charge is 2.27. The molecule has 0 radical (unpaired) electrons. The Kier molecular flexibility index (Phi) is 2.29. The van der Waals surface area contributed by atoms with E-state index < -0.39 is 0 Å². The van der Waals surface area contributed by atoms with Gasteiger partial charge in [0.15, 0.2) is 0 Å². The molecule has 0 aromatic carbocycles. The first-order valence-electron chi connectivity index (χ1n) is 5.68. The molecule has 0 unspecified atom stereocenters. The summed E-state index contributed by atoms with van der Waals surface area (Å²) in [6.07, 6.45) is 5.30. The maximum atomic E-state index is 12.1. The number of hydrogen-bond acceptors (Lipinski definition) is 3. The van der Waals surface area contributed by atoms with Crippen LogP contribution in [0.25, 0.3) is 0 Å². The van der Waals surface area contributed by atoms with Gasteiger partial charge in [-0.25, -0.2) is 4.79 Å². The van der Waals surface area contributed by atoms with Crippen LogP contribution in [-0.2, 0) is 13.6 Å². The Morgan fingerprint density at radius 2 is 2.22 bits per heavy atom. The van der Waals surface area contributed by atoms with Gasteiger partial charge in [0.2, 0.25) is 0 Å². The molecule has 6 heteroatoms. The molecule has 18 heavy (non-hydrogen) atoms. The Hall–Kier alpha value is -2.37. The minimum absolute atomic E-state index is 0.134. The predicted octanol–water partition coefficient (Wildman–Crippen LogP) is 1.48. The second kappa shape index (κ2) is 3.83. The third-order valence-corrected chi connectivity index (χ3v) is 2.98. The van der Waals surface area contributed by atoms with Crippen LogP contribution in [0, 0.1) is 6.92 Å². The fourth-order valence-electron chi connectivity index (χ4n) is 2.18. The van der Waals surface area contributed by atoms with Gasteiger partial charge in [0.25, 0.3) is 0 Å². The smallest absolute Gasteiger partial charge is 0.326 e. The van der Waals surface area contributed by atoms with Crippen LogP contribution in [0.3, 0.4) is 0 Å². The highest BCUT2D eigenvalue weighted by molar-refractivity contribution is 6.01. The molecule has 3 rings (SSSR count). The Balaban J connectivity index is 2.16. The zero-order valence-corrected chi connectivity index (χ0v) is 10.2. The number of anilines is 2. The first-order chi connectivity index (χ1) is 8.66. The van der Waals surface area contributed by atoms with Gasteiger partial charge in [-0.2, -0.15) is 5.10 Å². The van der Waals surface area contributed by atoms with E-state index in [1.807, 2.05) is 26.2 Å².